The van der Waals surface area contributed by atoms with E-state index >= 15 is 0 Å². The molecule has 0 atom stereocenters. The molecule has 1 amide bonds. The van der Waals surface area contributed by atoms with Crippen molar-refractivity contribution in [2.45, 2.75) is 39.2 Å². The fourth-order valence-corrected chi connectivity index (χ4v) is 2.47. The van der Waals surface area contributed by atoms with Crippen LogP contribution in [-0.2, 0) is 11.2 Å². The van der Waals surface area contributed by atoms with Crippen LogP contribution in [0.2, 0.25) is 0 Å². The van der Waals surface area contributed by atoms with Gasteiger partial charge in [0.15, 0.2) is 0 Å². The monoisotopic (exact) mass is 281 g/mol. The molecule has 0 radical (unpaired) electrons. The molecule has 1 heterocycles. The molecular formula is C15H20ClNO2. The largest absolute Gasteiger partial charge is 0.488 e. The van der Waals surface area contributed by atoms with E-state index in [0.717, 1.165) is 36.4 Å². The van der Waals surface area contributed by atoms with E-state index < -0.39 is 0 Å². The minimum absolute atomic E-state index is 0.0275. The molecule has 0 saturated carbocycles. The zero-order valence-electron chi connectivity index (χ0n) is 11.7. The van der Waals surface area contributed by atoms with Crippen molar-refractivity contribution in [1.82, 2.24) is 0 Å². The van der Waals surface area contributed by atoms with Crippen LogP contribution < -0.4 is 9.64 Å². The first-order valence-electron chi connectivity index (χ1n) is 6.59. The predicted octanol–water partition coefficient (Wildman–Crippen LogP) is 3.38. The zero-order valence-corrected chi connectivity index (χ0v) is 12.5. The van der Waals surface area contributed by atoms with Gasteiger partial charge >= 0.3 is 0 Å². The number of amides is 1. The summed E-state index contributed by atoms with van der Waals surface area (Å²) in [7, 11) is 0. The fourth-order valence-electron chi connectivity index (χ4n) is 2.32. The van der Waals surface area contributed by atoms with Crippen molar-refractivity contribution >= 4 is 23.2 Å². The Morgan fingerprint density at radius 3 is 2.79 bits per heavy atom. The number of anilines is 1. The van der Waals surface area contributed by atoms with Crippen LogP contribution in [0.15, 0.2) is 18.2 Å². The fraction of sp³-hybridized carbons (Fsp3) is 0.533. The number of nitrogens with zero attached hydrogens (tertiary/aromatic N) is 1. The summed E-state index contributed by atoms with van der Waals surface area (Å²) in [6, 6.07) is 5.91. The number of alkyl halides is 1. The lowest BCUT2D eigenvalue weighted by Crippen LogP contribution is -2.36. The number of rotatable bonds is 2. The van der Waals surface area contributed by atoms with E-state index in [1.54, 1.807) is 4.90 Å². The summed E-state index contributed by atoms with van der Waals surface area (Å²) in [6.07, 6.45) is 1.94. The van der Waals surface area contributed by atoms with Crippen molar-refractivity contribution in [2.75, 3.05) is 17.3 Å². The molecule has 0 saturated heterocycles. The van der Waals surface area contributed by atoms with Gasteiger partial charge in [-0.05, 0) is 57.4 Å². The van der Waals surface area contributed by atoms with Crippen molar-refractivity contribution in [3.05, 3.63) is 23.8 Å². The van der Waals surface area contributed by atoms with Crippen LogP contribution in [0.1, 0.15) is 32.8 Å². The molecule has 1 aliphatic rings. The molecule has 0 bridgehead atoms. The van der Waals surface area contributed by atoms with Crippen molar-refractivity contribution < 1.29 is 9.53 Å². The Morgan fingerprint density at radius 1 is 1.42 bits per heavy atom. The van der Waals surface area contributed by atoms with Crippen LogP contribution in [0.25, 0.3) is 0 Å². The molecule has 0 unspecified atom stereocenters. The second-order valence-corrected chi connectivity index (χ2v) is 6.05. The average Bonchev–Trinajstić information content (AvgIpc) is 2.35. The summed E-state index contributed by atoms with van der Waals surface area (Å²) in [5.41, 5.74) is 1.92. The number of hydrogen-bond acceptors (Lipinski definition) is 2. The first-order valence-corrected chi connectivity index (χ1v) is 7.12. The molecule has 1 aliphatic heterocycles. The third kappa shape index (κ3) is 3.41. The second kappa shape index (κ2) is 5.41. The minimum Gasteiger partial charge on any atom is -0.488 e. The number of aryl methyl sites for hydroxylation is 1. The van der Waals surface area contributed by atoms with Crippen LogP contribution in [-0.4, -0.2) is 23.9 Å². The normalized spacial score (nSPS) is 15.1. The van der Waals surface area contributed by atoms with Gasteiger partial charge < -0.3 is 9.64 Å². The first kappa shape index (κ1) is 14.2. The average molecular weight is 282 g/mol. The molecule has 1 aromatic carbocycles. The van der Waals surface area contributed by atoms with Gasteiger partial charge in [0.2, 0.25) is 5.91 Å². The summed E-state index contributed by atoms with van der Waals surface area (Å²) in [5.74, 6) is 0.846. The van der Waals surface area contributed by atoms with Gasteiger partial charge in [0.05, 0.1) is 0 Å². The van der Waals surface area contributed by atoms with Gasteiger partial charge in [-0.15, -0.1) is 11.6 Å². The van der Waals surface area contributed by atoms with Crippen LogP contribution in [0, 0.1) is 0 Å². The van der Waals surface area contributed by atoms with Gasteiger partial charge in [0.25, 0.3) is 0 Å². The quantitative estimate of drug-likeness (QED) is 0.778. The molecular weight excluding hydrogens is 262 g/mol. The van der Waals surface area contributed by atoms with Crippen molar-refractivity contribution in [1.29, 1.82) is 0 Å². The highest BCUT2D eigenvalue weighted by molar-refractivity contribution is 6.29. The summed E-state index contributed by atoms with van der Waals surface area (Å²) in [5, 5.41) is 0. The highest BCUT2D eigenvalue weighted by Crippen LogP contribution is 2.31. The first-order chi connectivity index (χ1) is 8.90. The number of halogens is 1. The molecule has 0 N–H and O–H groups in total. The number of benzene rings is 1. The summed E-state index contributed by atoms with van der Waals surface area (Å²) >= 11 is 5.65. The summed E-state index contributed by atoms with van der Waals surface area (Å²) in [4.78, 5) is 13.6. The topological polar surface area (TPSA) is 29.5 Å². The lowest BCUT2D eigenvalue weighted by atomic mass is 10.0. The second-order valence-electron chi connectivity index (χ2n) is 5.79. The Morgan fingerprint density at radius 2 is 2.16 bits per heavy atom. The van der Waals surface area contributed by atoms with Gasteiger partial charge in [-0.1, -0.05) is 0 Å². The molecule has 4 heteroatoms. The lowest BCUT2D eigenvalue weighted by Gasteiger charge is -2.30. The van der Waals surface area contributed by atoms with Crippen molar-refractivity contribution in [3.8, 4) is 5.75 Å². The standard InChI is InChI=1S/C15H20ClNO2/c1-15(2,3)19-12-6-7-13-11(9-12)5-4-8-17(13)14(18)10-16/h6-7,9H,4-5,8,10H2,1-3H3. The maximum atomic E-state index is 11.8. The lowest BCUT2D eigenvalue weighted by molar-refractivity contribution is -0.116. The third-order valence-corrected chi connectivity index (χ3v) is 3.24. The maximum absolute atomic E-state index is 11.8. The molecule has 2 rings (SSSR count). The smallest absolute Gasteiger partial charge is 0.241 e. The van der Waals surface area contributed by atoms with E-state index in [2.05, 4.69) is 0 Å². The Labute approximate surface area is 119 Å². The number of fused-ring (bicyclic) bond motifs is 1. The Balaban J connectivity index is 2.28. The highest BCUT2D eigenvalue weighted by Gasteiger charge is 2.22. The van der Waals surface area contributed by atoms with Crippen molar-refractivity contribution in [3.63, 3.8) is 0 Å². The Bertz CT molecular complexity index is 480. The Hall–Kier alpha value is -1.22. The zero-order chi connectivity index (χ0) is 14.0. The highest BCUT2D eigenvalue weighted by atomic mass is 35.5. The third-order valence-electron chi connectivity index (χ3n) is 3.01. The number of hydrogen-bond donors (Lipinski definition) is 0. The molecule has 0 fully saturated rings. The Kier molecular flexibility index (Phi) is 4.04. The maximum Gasteiger partial charge on any atom is 0.241 e. The summed E-state index contributed by atoms with van der Waals surface area (Å²) < 4.78 is 5.86. The number of ether oxygens (including phenoxy) is 1. The molecule has 0 aliphatic carbocycles. The summed E-state index contributed by atoms with van der Waals surface area (Å²) in [6.45, 7) is 6.82. The minimum atomic E-state index is -0.214. The molecule has 0 spiro atoms. The van der Waals surface area contributed by atoms with Crippen molar-refractivity contribution in [2.24, 2.45) is 0 Å². The molecule has 19 heavy (non-hydrogen) atoms. The van der Waals surface area contributed by atoms with E-state index in [-0.39, 0.29) is 17.4 Å². The number of carbonyl (C=O) groups excluding carboxylic acids is 1. The van der Waals surface area contributed by atoms with Gasteiger partial charge in [-0.3, -0.25) is 4.79 Å². The molecule has 3 nitrogen and oxygen atoms in total. The van der Waals surface area contributed by atoms with Gasteiger partial charge in [-0.25, -0.2) is 0 Å². The number of carbonyl (C=O) groups is 1. The van der Waals surface area contributed by atoms with Crippen LogP contribution in [0.3, 0.4) is 0 Å². The SMILES string of the molecule is CC(C)(C)Oc1ccc2c(c1)CCCN2C(=O)CCl. The molecule has 1 aromatic rings. The van der Waals surface area contributed by atoms with Gasteiger partial charge in [-0.2, -0.15) is 0 Å². The molecule has 104 valence electrons. The predicted molar refractivity (Wildman–Crippen MR) is 78.2 cm³/mol. The van der Waals surface area contributed by atoms with Crippen LogP contribution >= 0.6 is 11.6 Å². The van der Waals surface area contributed by atoms with Crippen LogP contribution in [0.5, 0.6) is 5.75 Å². The molecule has 0 aromatic heterocycles. The van der Waals surface area contributed by atoms with E-state index in [9.17, 15) is 4.79 Å². The van der Waals surface area contributed by atoms with E-state index in [0.29, 0.717) is 0 Å². The van der Waals surface area contributed by atoms with E-state index in [1.165, 1.54) is 0 Å². The van der Waals surface area contributed by atoms with E-state index in [4.69, 9.17) is 16.3 Å². The van der Waals surface area contributed by atoms with E-state index in [1.807, 2.05) is 39.0 Å². The van der Waals surface area contributed by atoms with Gasteiger partial charge in [0.1, 0.15) is 17.2 Å². The van der Waals surface area contributed by atoms with Gasteiger partial charge in [0, 0.05) is 12.2 Å². The van der Waals surface area contributed by atoms with Crippen LogP contribution in [0.4, 0.5) is 5.69 Å².